The molecule has 2 nitrogen and oxygen atoms in total. The van der Waals surface area contributed by atoms with Crippen molar-refractivity contribution in [2.75, 3.05) is 0 Å². The average molecular weight is 591 g/mol. The topological polar surface area (TPSA) is 28.2 Å². The van der Waals surface area contributed by atoms with Gasteiger partial charge in [0.05, 0.1) is 0 Å². The molecule has 0 aromatic heterocycles. The third kappa shape index (κ3) is 6.29. The van der Waals surface area contributed by atoms with Crippen molar-refractivity contribution in [3.05, 3.63) is 129 Å². The maximum absolute atomic E-state index is 15.1. The smallest absolute Gasteiger partial charge is 0.161 e. The Balaban J connectivity index is 0.00000380. The van der Waals surface area contributed by atoms with Crippen LogP contribution in [-0.4, -0.2) is 0 Å². The molecule has 0 amide bonds. The van der Waals surface area contributed by atoms with Gasteiger partial charge in [-0.05, 0) is 23.3 Å². The fraction of sp³-hybridized carbons (Fsp3) is 0.0769. The first-order valence-corrected chi connectivity index (χ1v) is 11.2. The van der Waals surface area contributed by atoms with Gasteiger partial charge in [0.2, 0.25) is 0 Å². The summed E-state index contributed by atoms with van der Waals surface area (Å²) in [4.78, 5) is 0.376. The van der Waals surface area contributed by atoms with Crippen molar-refractivity contribution >= 4 is 36.6 Å². The molecule has 4 aromatic rings. The molecule has 0 bridgehead atoms. The van der Waals surface area contributed by atoms with Crippen LogP contribution in [0.3, 0.4) is 0 Å². The summed E-state index contributed by atoms with van der Waals surface area (Å²) in [6, 6.07) is 10.8. The molecule has 0 saturated carbocycles. The molecule has 0 fully saturated rings. The van der Waals surface area contributed by atoms with E-state index in [4.69, 9.17) is 25.3 Å². The van der Waals surface area contributed by atoms with E-state index in [0.29, 0.717) is 24.3 Å². The van der Waals surface area contributed by atoms with Gasteiger partial charge in [-0.2, -0.15) is 21.2 Å². The molecule has 0 aliphatic carbocycles. The van der Waals surface area contributed by atoms with Gasteiger partial charge in [0.15, 0.2) is 23.3 Å². The molecule has 0 aliphatic rings. The van der Waals surface area contributed by atoms with E-state index in [9.17, 15) is 17.6 Å². The Labute approximate surface area is 230 Å². The predicted octanol–water partition coefficient (Wildman–Crippen LogP) is 8.52. The van der Waals surface area contributed by atoms with Gasteiger partial charge in [-0.1, -0.05) is 60.6 Å². The van der Waals surface area contributed by atoms with E-state index in [2.05, 4.69) is 10.6 Å². The molecule has 0 spiro atoms. The van der Waals surface area contributed by atoms with Crippen molar-refractivity contribution < 1.29 is 42.8 Å². The second-order valence-electron chi connectivity index (χ2n) is 7.66. The third-order valence-corrected chi connectivity index (χ3v) is 5.96. The fourth-order valence-electron chi connectivity index (χ4n) is 3.63. The maximum atomic E-state index is 15.1. The van der Waals surface area contributed by atoms with Crippen LogP contribution in [0.25, 0.3) is 10.6 Å². The molecule has 11 heteroatoms. The Hall–Kier alpha value is -3.01. The molecule has 196 valence electrons. The summed E-state index contributed by atoms with van der Waals surface area (Å²) in [5.74, 6) is -8.35. The molecule has 0 N–H and O–H groups in total. The molecule has 0 heterocycles. The molecule has 2 unspecified atom stereocenters. The van der Waals surface area contributed by atoms with E-state index in [-0.39, 0.29) is 37.7 Å². The zero-order valence-electron chi connectivity index (χ0n) is 18.4. The van der Waals surface area contributed by atoms with E-state index in [1.165, 1.54) is 24.3 Å². The van der Waals surface area contributed by atoms with Crippen molar-refractivity contribution in [3.8, 4) is 0 Å². The molecule has 0 aliphatic heterocycles. The van der Waals surface area contributed by atoms with Crippen molar-refractivity contribution in [3.63, 3.8) is 0 Å². The largest absolute Gasteiger partial charge is 0.781 e. The minimum atomic E-state index is -1.70. The molecular formula is C26H14F6N2NiS2-4. The number of halogens is 6. The second-order valence-corrected chi connectivity index (χ2v) is 8.54. The van der Waals surface area contributed by atoms with E-state index in [1.807, 2.05) is 0 Å². The van der Waals surface area contributed by atoms with Crippen LogP contribution in [0, 0.1) is 34.9 Å². The van der Waals surface area contributed by atoms with Crippen LogP contribution in [0.15, 0.2) is 82.6 Å². The molecule has 0 radical (unpaired) electrons. The number of hydrogen-bond donors (Lipinski definition) is 0. The summed E-state index contributed by atoms with van der Waals surface area (Å²) in [5, 5.41) is 8.72. The molecule has 0 saturated heterocycles. The molecule has 4 rings (SSSR count). The summed E-state index contributed by atoms with van der Waals surface area (Å²) in [7, 11) is 0. The first-order chi connectivity index (χ1) is 17.2. The van der Waals surface area contributed by atoms with Gasteiger partial charge in [0.25, 0.3) is 0 Å². The van der Waals surface area contributed by atoms with Gasteiger partial charge in [0, 0.05) is 28.6 Å². The van der Waals surface area contributed by atoms with Crippen molar-refractivity contribution in [1.82, 2.24) is 0 Å². The molecular weight excluding hydrogens is 577 g/mol. The van der Waals surface area contributed by atoms with Gasteiger partial charge >= 0.3 is 0 Å². The molecule has 37 heavy (non-hydrogen) atoms. The fourth-order valence-corrected chi connectivity index (χ4v) is 4.03. The summed E-state index contributed by atoms with van der Waals surface area (Å²) >= 11 is 10.5. The number of hydrogen-bond acceptors (Lipinski definition) is 2. The number of rotatable bonds is 7. The van der Waals surface area contributed by atoms with Gasteiger partial charge in [-0.25, -0.2) is 26.3 Å². The summed E-state index contributed by atoms with van der Waals surface area (Å²) < 4.78 is 87.1. The van der Waals surface area contributed by atoms with Crippen molar-refractivity contribution in [2.45, 2.75) is 21.9 Å². The van der Waals surface area contributed by atoms with E-state index in [0.717, 1.165) is 0 Å². The first kappa shape index (κ1) is 28.6. The summed E-state index contributed by atoms with van der Waals surface area (Å²) in [6.45, 7) is 0. The Morgan fingerprint density at radius 1 is 0.541 bits per heavy atom. The van der Waals surface area contributed by atoms with Crippen LogP contribution in [0.5, 0.6) is 0 Å². The van der Waals surface area contributed by atoms with E-state index < -0.39 is 58.1 Å². The summed E-state index contributed by atoms with van der Waals surface area (Å²) in [6.07, 6.45) is 0. The average Bonchev–Trinajstić information content (AvgIpc) is 2.83. The molecule has 2 atom stereocenters. The standard InChI is InChI=1S/C26H16F6N2S2.Ni/c27-13-9-15(23(31)17(29)11-13)25(33-19-5-1-3-7-21(19)35)26(34-20-6-2-4-8-22(20)36)16-10-14(28)12-18(30)24(16)32;/h1-12,25-26,35-36H;/q-2;/p-2. The van der Waals surface area contributed by atoms with Crippen LogP contribution in [0.2, 0.25) is 0 Å². The minimum Gasteiger partial charge on any atom is -0.781 e. The van der Waals surface area contributed by atoms with Crippen LogP contribution in [0.4, 0.5) is 37.7 Å². The van der Waals surface area contributed by atoms with Crippen LogP contribution < -0.4 is 0 Å². The first-order valence-electron chi connectivity index (χ1n) is 10.4. The Morgan fingerprint density at radius 3 is 1.24 bits per heavy atom. The normalized spacial score (nSPS) is 12.4. The Morgan fingerprint density at radius 2 is 0.892 bits per heavy atom. The number of nitrogens with zero attached hydrogens (tertiary/aromatic N) is 2. The predicted molar refractivity (Wildman–Crippen MR) is 128 cm³/mol. The minimum absolute atomic E-state index is 0. The van der Waals surface area contributed by atoms with Gasteiger partial charge in [-0.3, -0.25) is 0 Å². The Bertz CT molecular complexity index is 1320. The Kier molecular flexibility index (Phi) is 9.28. The SMILES string of the molecule is Fc1cc(F)c(F)c(C([N-]c2ccccc2[S-])C([N-]c2ccccc2[S-])c2cc(F)cc(F)c2F)c1.[Ni]. The van der Waals surface area contributed by atoms with E-state index in [1.54, 1.807) is 24.3 Å². The van der Waals surface area contributed by atoms with Crippen molar-refractivity contribution in [1.29, 1.82) is 0 Å². The van der Waals surface area contributed by atoms with Crippen LogP contribution in [0.1, 0.15) is 23.2 Å². The van der Waals surface area contributed by atoms with Crippen LogP contribution in [-0.2, 0) is 41.7 Å². The van der Waals surface area contributed by atoms with Crippen LogP contribution >= 0.6 is 0 Å². The zero-order valence-corrected chi connectivity index (χ0v) is 21.0. The second kappa shape index (κ2) is 12.0. The van der Waals surface area contributed by atoms with Gasteiger partial charge < -0.3 is 35.9 Å². The molecule has 4 aromatic carbocycles. The zero-order chi connectivity index (χ0) is 26.0. The van der Waals surface area contributed by atoms with E-state index >= 15 is 8.78 Å². The van der Waals surface area contributed by atoms with Gasteiger partial charge in [0.1, 0.15) is 11.6 Å². The van der Waals surface area contributed by atoms with Gasteiger partial charge in [-0.15, -0.1) is 0 Å². The number of benzene rings is 4. The summed E-state index contributed by atoms with van der Waals surface area (Å²) in [5.41, 5.74) is -1.15. The monoisotopic (exact) mass is 590 g/mol. The maximum Gasteiger partial charge on any atom is 0.161 e. The number of para-hydroxylation sites is 2. The van der Waals surface area contributed by atoms with Crippen molar-refractivity contribution in [2.24, 2.45) is 0 Å². The third-order valence-electron chi connectivity index (χ3n) is 5.27. The quantitative estimate of drug-likeness (QED) is 0.0934.